The number of hydrogen-bond acceptors (Lipinski definition) is 4. The van der Waals surface area contributed by atoms with E-state index in [9.17, 15) is 14.0 Å². The van der Waals surface area contributed by atoms with Crippen LogP contribution in [0.2, 0.25) is 0 Å². The van der Waals surface area contributed by atoms with Crippen LogP contribution in [0.5, 0.6) is 0 Å². The fourth-order valence-electron chi connectivity index (χ4n) is 3.11. The molecule has 1 N–H and O–H groups in total. The van der Waals surface area contributed by atoms with Gasteiger partial charge in [0.25, 0.3) is 0 Å². The Hall–Kier alpha value is -2.31. The first kappa shape index (κ1) is 21.0. The molecule has 1 fully saturated rings. The van der Waals surface area contributed by atoms with Gasteiger partial charge < -0.3 is 19.7 Å². The standard InChI is InChI=1S/C20H29FN2O4/c1-20(2,3)27-18(24)22-17-10-15(11-21)16(17)12-23(4)19(25)26-13-14-8-6-5-7-9-14/h5-9,15-17H,10-13H2,1-4H3,(H,22,24)/t15?,16-,17-/m0/s1. The largest absolute Gasteiger partial charge is 0.445 e. The molecule has 3 atom stereocenters. The summed E-state index contributed by atoms with van der Waals surface area (Å²) < 4.78 is 23.8. The summed E-state index contributed by atoms with van der Waals surface area (Å²) in [6.07, 6.45) is -0.462. The molecule has 27 heavy (non-hydrogen) atoms. The van der Waals surface area contributed by atoms with Gasteiger partial charge in [-0.3, -0.25) is 4.39 Å². The third-order valence-electron chi connectivity index (χ3n) is 4.58. The van der Waals surface area contributed by atoms with E-state index in [4.69, 9.17) is 9.47 Å². The number of ether oxygens (including phenoxy) is 2. The van der Waals surface area contributed by atoms with E-state index < -0.39 is 24.5 Å². The Morgan fingerprint density at radius 1 is 1.26 bits per heavy atom. The summed E-state index contributed by atoms with van der Waals surface area (Å²) in [6, 6.07) is 9.17. The first-order chi connectivity index (χ1) is 12.7. The average Bonchev–Trinajstić information content (AvgIpc) is 2.60. The van der Waals surface area contributed by atoms with Gasteiger partial charge in [0.15, 0.2) is 0 Å². The van der Waals surface area contributed by atoms with Gasteiger partial charge in [0.2, 0.25) is 0 Å². The molecule has 0 aromatic heterocycles. The Morgan fingerprint density at radius 3 is 2.52 bits per heavy atom. The number of halogens is 1. The summed E-state index contributed by atoms with van der Waals surface area (Å²) in [4.78, 5) is 25.6. The van der Waals surface area contributed by atoms with E-state index >= 15 is 0 Å². The molecule has 0 saturated heterocycles. The zero-order valence-electron chi connectivity index (χ0n) is 16.4. The van der Waals surface area contributed by atoms with E-state index in [2.05, 4.69) is 5.32 Å². The van der Waals surface area contributed by atoms with Gasteiger partial charge in [-0.2, -0.15) is 0 Å². The summed E-state index contributed by atoms with van der Waals surface area (Å²) in [5.41, 5.74) is 0.301. The van der Waals surface area contributed by atoms with E-state index in [-0.39, 0.29) is 24.5 Å². The predicted molar refractivity (Wildman–Crippen MR) is 100.0 cm³/mol. The van der Waals surface area contributed by atoms with Crippen LogP contribution in [-0.2, 0) is 16.1 Å². The molecule has 2 rings (SSSR count). The van der Waals surface area contributed by atoms with Gasteiger partial charge >= 0.3 is 12.2 Å². The number of hydrogen-bond donors (Lipinski definition) is 1. The van der Waals surface area contributed by atoms with Crippen molar-refractivity contribution in [2.24, 2.45) is 11.8 Å². The third kappa shape index (κ3) is 6.41. The fourth-order valence-corrected chi connectivity index (χ4v) is 3.11. The Labute approximate surface area is 160 Å². The second kappa shape index (κ2) is 9.06. The minimum Gasteiger partial charge on any atom is -0.445 e. The van der Waals surface area contributed by atoms with Gasteiger partial charge in [-0.25, -0.2) is 9.59 Å². The Morgan fingerprint density at radius 2 is 1.93 bits per heavy atom. The van der Waals surface area contributed by atoms with Crippen LogP contribution in [-0.4, -0.2) is 49.0 Å². The summed E-state index contributed by atoms with van der Waals surface area (Å²) in [7, 11) is 1.62. The van der Waals surface area contributed by atoms with E-state index in [1.165, 1.54) is 4.90 Å². The van der Waals surface area contributed by atoms with Crippen LogP contribution in [0.15, 0.2) is 30.3 Å². The summed E-state index contributed by atoms with van der Waals surface area (Å²) in [6.45, 7) is 5.36. The van der Waals surface area contributed by atoms with Crippen molar-refractivity contribution in [1.29, 1.82) is 0 Å². The topological polar surface area (TPSA) is 67.9 Å². The summed E-state index contributed by atoms with van der Waals surface area (Å²) >= 11 is 0. The molecule has 0 heterocycles. The Bertz CT molecular complexity index is 633. The highest BCUT2D eigenvalue weighted by atomic mass is 19.1. The number of rotatable bonds is 6. The molecule has 1 unspecified atom stereocenters. The van der Waals surface area contributed by atoms with Gasteiger partial charge in [0.1, 0.15) is 12.2 Å². The van der Waals surface area contributed by atoms with E-state index in [0.29, 0.717) is 13.0 Å². The smallest absolute Gasteiger partial charge is 0.409 e. The number of nitrogens with zero attached hydrogens (tertiary/aromatic N) is 1. The SMILES string of the molecule is CN(C[C@H]1C(CF)C[C@@H]1NC(=O)OC(C)(C)C)C(=O)OCc1ccccc1. The molecule has 0 aliphatic heterocycles. The Balaban J connectivity index is 1.84. The maximum atomic E-state index is 13.2. The lowest BCUT2D eigenvalue weighted by Crippen LogP contribution is -2.57. The van der Waals surface area contributed by atoms with Crippen LogP contribution in [0, 0.1) is 11.8 Å². The monoisotopic (exact) mass is 380 g/mol. The first-order valence-corrected chi connectivity index (χ1v) is 9.17. The molecule has 0 radical (unpaired) electrons. The molecule has 1 aromatic carbocycles. The van der Waals surface area contributed by atoms with Crippen molar-refractivity contribution < 1.29 is 23.5 Å². The molecule has 6 nitrogen and oxygen atoms in total. The molecule has 0 bridgehead atoms. The maximum absolute atomic E-state index is 13.2. The van der Waals surface area contributed by atoms with Crippen molar-refractivity contribution in [1.82, 2.24) is 10.2 Å². The van der Waals surface area contributed by atoms with Crippen LogP contribution in [0.25, 0.3) is 0 Å². The van der Waals surface area contributed by atoms with Crippen LogP contribution in [0.3, 0.4) is 0 Å². The van der Waals surface area contributed by atoms with Crippen molar-refractivity contribution in [3.8, 4) is 0 Å². The number of nitrogens with one attached hydrogen (secondary N) is 1. The van der Waals surface area contributed by atoms with Crippen LogP contribution in [0.4, 0.5) is 14.0 Å². The van der Waals surface area contributed by atoms with Gasteiger partial charge in [0.05, 0.1) is 6.67 Å². The van der Waals surface area contributed by atoms with E-state index in [1.54, 1.807) is 27.8 Å². The first-order valence-electron chi connectivity index (χ1n) is 9.17. The lowest BCUT2D eigenvalue weighted by Gasteiger charge is -2.45. The minimum atomic E-state index is -0.596. The van der Waals surface area contributed by atoms with Gasteiger partial charge in [-0.15, -0.1) is 0 Å². The second-order valence-corrected chi connectivity index (χ2v) is 7.99. The van der Waals surface area contributed by atoms with Gasteiger partial charge in [0, 0.05) is 25.6 Å². The highest BCUT2D eigenvalue weighted by Crippen LogP contribution is 2.36. The summed E-state index contributed by atoms with van der Waals surface area (Å²) in [5.74, 6) is -0.355. The zero-order chi connectivity index (χ0) is 20.0. The quantitative estimate of drug-likeness (QED) is 0.816. The van der Waals surface area contributed by atoms with Crippen LogP contribution >= 0.6 is 0 Å². The number of carbonyl (C=O) groups is 2. The number of carbonyl (C=O) groups excluding carboxylic acids is 2. The number of alkyl halides is 1. The molecule has 7 heteroatoms. The molecular formula is C20H29FN2O4. The molecule has 1 saturated carbocycles. The normalized spacial score (nSPS) is 21.7. The van der Waals surface area contributed by atoms with Gasteiger partial charge in [-0.05, 0) is 38.7 Å². The van der Waals surface area contributed by atoms with Crippen molar-refractivity contribution in [2.75, 3.05) is 20.3 Å². The molecule has 1 aliphatic carbocycles. The van der Waals surface area contributed by atoms with Crippen molar-refractivity contribution >= 4 is 12.2 Å². The molecule has 2 amide bonds. The van der Waals surface area contributed by atoms with Crippen LogP contribution < -0.4 is 5.32 Å². The van der Waals surface area contributed by atoms with Crippen molar-refractivity contribution in [2.45, 2.75) is 45.4 Å². The number of alkyl carbamates (subject to hydrolysis) is 1. The van der Waals surface area contributed by atoms with Crippen molar-refractivity contribution in [3.05, 3.63) is 35.9 Å². The number of amides is 2. The predicted octanol–water partition coefficient (Wildman–Crippen LogP) is 3.75. The second-order valence-electron chi connectivity index (χ2n) is 7.99. The maximum Gasteiger partial charge on any atom is 0.409 e. The third-order valence-corrected chi connectivity index (χ3v) is 4.58. The Kier molecular flexibility index (Phi) is 7.05. The summed E-state index contributed by atoms with van der Waals surface area (Å²) in [5, 5.41) is 2.78. The van der Waals surface area contributed by atoms with Gasteiger partial charge in [-0.1, -0.05) is 30.3 Å². The lowest BCUT2D eigenvalue weighted by molar-refractivity contribution is 0.0196. The highest BCUT2D eigenvalue weighted by Gasteiger charge is 2.43. The highest BCUT2D eigenvalue weighted by molar-refractivity contribution is 5.69. The molecule has 0 spiro atoms. The molecular weight excluding hydrogens is 351 g/mol. The lowest BCUT2D eigenvalue weighted by atomic mass is 9.69. The van der Waals surface area contributed by atoms with Crippen molar-refractivity contribution in [3.63, 3.8) is 0 Å². The fraction of sp³-hybridized carbons (Fsp3) is 0.600. The average molecular weight is 380 g/mol. The molecule has 1 aromatic rings. The zero-order valence-corrected chi connectivity index (χ0v) is 16.4. The molecule has 150 valence electrons. The van der Waals surface area contributed by atoms with E-state index in [1.807, 2.05) is 30.3 Å². The van der Waals surface area contributed by atoms with Crippen LogP contribution in [0.1, 0.15) is 32.8 Å². The minimum absolute atomic E-state index is 0.170. The number of benzene rings is 1. The molecule has 1 aliphatic rings. The van der Waals surface area contributed by atoms with E-state index in [0.717, 1.165) is 5.56 Å².